The first-order chi connectivity index (χ1) is 10.8. The number of phenols is 1. The SMILES string of the molecule is CCCCC[C@H]1CC[C@H](C=CCOc2ccc(O)cc2)CC1. The van der Waals surface area contributed by atoms with Crippen LogP contribution in [0, 0.1) is 11.8 Å². The van der Waals surface area contributed by atoms with Crippen molar-refractivity contribution in [2.45, 2.75) is 58.3 Å². The Bertz CT molecular complexity index is 428. The van der Waals surface area contributed by atoms with E-state index < -0.39 is 0 Å². The molecule has 1 N–H and O–H groups in total. The molecule has 1 saturated carbocycles. The molecule has 0 saturated heterocycles. The summed E-state index contributed by atoms with van der Waals surface area (Å²) in [5.74, 6) is 2.80. The maximum Gasteiger partial charge on any atom is 0.120 e. The topological polar surface area (TPSA) is 29.5 Å². The quantitative estimate of drug-likeness (QED) is 0.492. The predicted molar refractivity (Wildman–Crippen MR) is 92.3 cm³/mol. The molecule has 2 nitrogen and oxygen atoms in total. The van der Waals surface area contributed by atoms with Crippen LogP contribution in [0.25, 0.3) is 0 Å². The first-order valence-corrected chi connectivity index (χ1v) is 8.86. The van der Waals surface area contributed by atoms with Gasteiger partial charge in [0.2, 0.25) is 0 Å². The number of ether oxygens (including phenoxy) is 1. The van der Waals surface area contributed by atoms with Gasteiger partial charge in [-0.25, -0.2) is 0 Å². The largest absolute Gasteiger partial charge is 0.508 e. The van der Waals surface area contributed by atoms with Crippen LogP contribution in [-0.4, -0.2) is 11.7 Å². The van der Waals surface area contributed by atoms with Crippen molar-refractivity contribution in [3.63, 3.8) is 0 Å². The fourth-order valence-electron chi connectivity index (χ4n) is 3.29. The van der Waals surface area contributed by atoms with E-state index in [0.717, 1.165) is 17.6 Å². The van der Waals surface area contributed by atoms with Crippen molar-refractivity contribution in [1.29, 1.82) is 0 Å². The maximum atomic E-state index is 9.22. The molecule has 0 spiro atoms. The van der Waals surface area contributed by atoms with Gasteiger partial charge in [-0.15, -0.1) is 0 Å². The number of aromatic hydroxyl groups is 1. The summed E-state index contributed by atoms with van der Waals surface area (Å²) in [5.41, 5.74) is 0. The highest BCUT2D eigenvalue weighted by molar-refractivity contribution is 5.30. The van der Waals surface area contributed by atoms with Gasteiger partial charge in [-0.3, -0.25) is 0 Å². The van der Waals surface area contributed by atoms with E-state index in [4.69, 9.17) is 4.74 Å². The third-order valence-electron chi connectivity index (χ3n) is 4.70. The summed E-state index contributed by atoms with van der Waals surface area (Å²) in [5, 5.41) is 9.22. The van der Waals surface area contributed by atoms with Gasteiger partial charge in [0, 0.05) is 0 Å². The first kappa shape index (κ1) is 16.9. The van der Waals surface area contributed by atoms with Crippen LogP contribution < -0.4 is 4.74 Å². The maximum absolute atomic E-state index is 9.22. The second-order valence-electron chi connectivity index (χ2n) is 6.51. The molecule has 2 heteroatoms. The number of benzene rings is 1. The van der Waals surface area contributed by atoms with Gasteiger partial charge in [-0.2, -0.15) is 0 Å². The average molecular weight is 302 g/mol. The van der Waals surface area contributed by atoms with Gasteiger partial charge in [0.1, 0.15) is 18.1 Å². The molecule has 1 aliphatic rings. The summed E-state index contributed by atoms with van der Waals surface area (Å²) < 4.78 is 5.64. The van der Waals surface area contributed by atoms with E-state index in [9.17, 15) is 5.11 Å². The van der Waals surface area contributed by atoms with Gasteiger partial charge in [0.05, 0.1) is 0 Å². The fraction of sp³-hybridized carbons (Fsp3) is 0.600. The van der Waals surface area contributed by atoms with E-state index >= 15 is 0 Å². The Morgan fingerprint density at radius 2 is 1.82 bits per heavy atom. The zero-order valence-corrected chi connectivity index (χ0v) is 13.8. The minimum absolute atomic E-state index is 0.276. The molecular weight excluding hydrogens is 272 g/mol. The van der Waals surface area contributed by atoms with Crippen molar-refractivity contribution in [2.24, 2.45) is 11.8 Å². The molecular formula is C20H30O2. The standard InChI is InChI=1S/C20H30O2/c1-2-3-4-6-17-8-10-18(11-9-17)7-5-16-22-20-14-12-19(21)13-15-20/h5,7,12-15,17-18,21H,2-4,6,8-11,16H2,1H3/t17-,18-. The lowest BCUT2D eigenvalue weighted by atomic mass is 9.79. The molecule has 1 fully saturated rings. The molecule has 1 aromatic carbocycles. The Morgan fingerprint density at radius 1 is 1.09 bits per heavy atom. The first-order valence-electron chi connectivity index (χ1n) is 8.86. The third-order valence-corrected chi connectivity index (χ3v) is 4.70. The van der Waals surface area contributed by atoms with Gasteiger partial charge in [-0.1, -0.05) is 44.8 Å². The third kappa shape index (κ3) is 6.13. The molecule has 2 rings (SSSR count). The van der Waals surface area contributed by atoms with Crippen molar-refractivity contribution >= 4 is 0 Å². The van der Waals surface area contributed by atoms with Gasteiger partial charge in [0.25, 0.3) is 0 Å². The second-order valence-corrected chi connectivity index (χ2v) is 6.51. The van der Waals surface area contributed by atoms with Gasteiger partial charge in [-0.05, 0) is 61.8 Å². The molecule has 1 aromatic rings. The van der Waals surface area contributed by atoms with E-state index in [-0.39, 0.29) is 5.75 Å². The van der Waals surface area contributed by atoms with Crippen LogP contribution in [0.2, 0.25) is 0 Å². The molecule has 0 radical (unpaired) electrons. The highest BCUT2D eigenvalue weighted by atomic mass is 16.5. The van der Waals surface area contributed by atoms with Crippen molar-refractivity contribution in [2.75, 3.05) is 6.61 Å². The van der Waals surface area contributed by atoms with Crippen LogP contribution in [0.1, 0.15) is 58.3 Å². The number of rotatable bonds is 8. The van der Waals surface area contributed by atoms with Crippen LogP contribution in [0.3, 0.4) is 0 Å². The number of hydrogen-bond acceptors (Lipinski definition) is 2. The molecule has 0 heterocycles. The van der Waals surface area contributed by atoms with Crippen LogP contribution >= 0.6 is 0 Å². The van der Waals surface area contributed by atoms with Crippen LogP contribution in [0.4, 0.5) is 0 Å². The molecule has 1 aliphatic carbocycles. The lowest BCUT2D eigenvalue weighted by Gasteiger charge is -2.26. The van der Waals surface area contributed by atoms with Gasteiger partial charge in [0.15, 0.2) is 0 Å². The van der Waals surface area contributed by atoms with E-state index in [2.05, 4.69) is 19.1 Å². The number of unbranched alkanes of at least 4 members (excludes halogenated alkanes) is 2. The second kappa shape index (κ2) is 9.55. The zero-order chi connectivity index (χ0) is 15.6. The van der Waals surface area contributed by atoms with E-state index in [1.165, 1.54) is 51.4 Å². The minimum Gasteiger partial charge on any atom is -0.508 e. The Balaban J connectivity index is 1.60. The van der Waals surface area contributed by atoms with Gasteiger partial charge >= 0.3 is 0 Å². The van der Waals surface area contributed by atoms with Crippen molar-refractivity contribution in [3.05, 3.63) is 36.4 Å². The molecule has 0 bridgehead atoms. The summed E-state index contributed by atoms with van der Waals surface area (Å²) in [6.07, 6.45) is 15.6. The zero-order valence-electron chi connectivity index (χ0n) is 13.8. The van der Waals surface area contributed by atoms with Crippen molar-refractivity contribution in [1.82, 2.24) is 0 Å². The predicted octanol–water partition coefficient (Wildman–Crippen LogP) is 5.71. The van der Waals surface area contributed by atoms with Crippen LogP contribution in [-0.2, 0) is 0 Å². The minimum atomic E-state index is 0.276. The molecule has 0 atom stereocenters. The summed E-state index contributed by atoms with van der Waals surface area (Å²) in [7, 11) is 0. The van der Waals surface area contributed by atoms with E-state index in [0.29, 0.717) is 6.61 Å². The Morgan fingerprint density at radius 3 is 2.50 bits per heavy atom. The number of phenolic OH excluding ortho intramolecular Hbond substituents is 1. The highest BCUT2D eigenvalue weighted by Gasteiger charge is 2.18. The van der Waals surface area contributed by atoms with Gasteiger partial charge < -0.3 is 9.84 Å². The molecule has 0 amide bonds. The van der Waals surface area contributed by atoms with Crippen molar-refractivity contribution < 1.29 is 9.84 Å². The Kier molecular flexibility index (Phi) is 7.35. The number of hydrogen-bond donors (Lipinski definition) is 1. The lowest BCUT2D eigenvalue weighted by Crippen LogP contribution is -2.13. The number of allylic oxidation sites excluding steroid dienone is 1. The average Bonchev–Trinajstić information content (AvgIpc) is 2.55. The normalized spacial score (nSPS) is 22.0. The summed E-state index contributed by atoms with van der Waals surface area (Å²) in [6, 6.07) is 6.90. The summed E-state index contributed by atoms with van der Waals surface area (Å²) >= 11 is 0. The van der Waals surface area contributed by atoms with Crippen molar-refractivity contribution in [3.8, 4) is 11.5 Å². The van der Waals surface area contributed by atoms with E-state index in [1.54, 1.807) is 24.3 Å². The van der Waals surface area contributed by atoms with E-state index in [1.807, 2.05) is 0 Å². The summed E-state index contributed by atoms with van der Waals surface area (Å²) in [4.78, 5) is 0. The highest BCUT2D eigenvalue weighted by Crippen LogP contribution is 2.32. The fourth-order valence-corrected chi connectivity index (χ4v) is 3.29. The Hall–Kier alpha value is -1.44. The molecule has 0 unspecified atom stereocenters. The lowest BCUT2D eigenvalue weighted by molar-refractivity contribution is 0.288. The monoisotopic (exact) mass is 302 g/mol. The van der Waals surface area contributed by atoms with Crippen LogP contribution in [0.5, 0.6) is 11.5 Å². The summed E-state index contributed by atoms with van der Waals surface area (Å²) in [6.45, 7) is 2.89. The smallest absolute Gasteiger partial charge is 0.120 e. The van der Waals surface area contributed by atoms with Crippen LogP contribution in [0.15, 0.2) is 36.4 Å². The molecule has 0 aromatic heterocycles. The molecule has 0 aliphatic heterocycles. The molecule has 122 valence electrons. The molecule has 22 heavy (non-hydrogen) atoms. The Labute approximate surface area is 135 Å².